The molecule has 2 aliphatic rings. The highest BCUT2D eigenvalue weighted by Crippen LogP contribution is 2.40. The van der Waals surface area contributed by atoms with Crippen molar-refractivity contribution in [2.75, 3.05) is 25.0 Å². The number of nitrogens with one attached hydrogen (secondary N) is 2. The summed E-state index contributed by atoms with van der Waals surface area (Å²) in [5.74, 6) is -0.0698. The maximum absolute atomic E-state index is 13.7. The number of aromatic nitrogens is 1. The molecule has 9 heteroatoms. The zero-order valence-corrected chi connectivity index (χ0v) is 15.6. The van der Waals surface area contributed by atoms with Crippen molar-refractivity contribution in [3.63, 3.8) is 0 Å². The summed E-state index contributed by atoms with van der Waals surface area (Å²) in [5, 5.41) is 3.72. The lowest BCUT2D eigenvalue weighted by Crippen LogP contribution is -2.59. The van der Waals surface area contributed by atoms with Crippen LogP contribution in [0.25, 0.3) is 10.9 Å². The van der Waals surface area contributed by atoms with Gasteiger partial charge in [-0.1, -0.05) is 12.1 Å². The van der Waals surface area contributed by atoms with Gasteiger partial charge in [0.05, 0.1) is 12.1 Å². The summed E-state index contributed by atoms with van der Waals surface area (Å²) in [5.41, 5.74) is 0.700. The molecule has 0 amide bonds. The minimum atomic E-state index is -4.49. The number of likely N-dealkylation sites (tertiary alicyclic amines) is 1. The third-order valence-electron chi connectivity index (χ3n) is 5.72. The lowest BCUT2D eigenvalue weighted by atomic mass is 9.92. The van der Waals surface area contributed by atoms with Crippen LogP contribution in [-0.4, -0.2) is 41.8 Å². The van der Waals surface area contributed by atoms with Gasteiger partial charge < -0.3 is 15.0 Å². The van der Waals surface area contributed by atoms with E-state index in [2.05, 4.69) is 10.3 Å². The molecule has 2 aliphatic heterocycles. The number of halogens is 5. The number of anilines is 1. The molecule has 158 valence electrons. The van der Waals surface area contributed by atoms with Gasteiger partial charge in [-0.05, 0) is 24.3 Å². The minimum Gasteiger partial charge on any atom is -0.491 e. The average Bonchev–Trinajstić information content (AvgIpc) is 3.12. The van der Waals surface area contributed by atoms with Crippen LogP contribution in [0.5, 0.6) is 5.75 Å². The lowest BCUT2D eigenvalue weighted by Gasteiger charge is -2.46. The molecule has 2 N–H and O–H groups in total. The van der Waals surface area contributed by atoms with E-state index in [0.717, 1.165) is 6.07 Å². The first-order valence-corrected chi connectivity index (χ1v) is 9.55. The monoisotopic (exact) mass is 423 g/mol. The van der Waals surface area contributed by atoms with Crippen LogP contribution in [0.4, 0.5) is 27.6 Å². The van der Waals surface area contributed by atoms with Crippen LogP contribution >= 0.6 is 0 Å². The molecule has 2 aromatic carbocycles. The van der Waals surface area contributed by atoms with Crippen molar-refractivity contribution in [3.8, 4) is 5.75 Å². The molecular weight excluding hydrogens is 405 g/mol. The van der Waals surface area contributed by atoms with Crippen LogP contribution in [0.1, 0.15) is 17.3 Å². The van der Waals surface area contributed by atoms with Crippen molar-refractivity contribution in [1.82, 2.24) is 9.88 Å². The highest BCUT2D eigenvalue weighted by atomic mass is 19.4. The minimum absolute atomic E-state index is 0.220. The summed E-state index contributed by atoms with van der Waals surface area (Å²) >= 11 is 0. The van der Waals surface area contributed by atoms with E-state index in [0.29, 0.717) is 27.9 Å². The Balaban J connectivity index is 1.55. The lowest BCUT2D eigenvalue weighted by molar-refractivity contribution is -0.140. The van der Waals surface area contributed by atoms with E-state index in [1.807, 2.05) is 4.90 Å². The smallest absolute Gasteiger partial charge is 0.431 e. The quantitative estimate of drug-likeness (QED) is 0.589. The molecule has 1 saturated heterocycles. The van der Waals surface area contributed by atoms with E-state index < -0.39 is 29.9 Å². The van der Waals surface area contributed by atoms with E-state index in [9.17, 15) is 22.0 Å². The van der Waals surface area contributed by atoms with Crippen molar-refractivity contribution >= 4 is 16.6 Å². The molecule has 5 rings (SSSR count). The molecule has 3 heterocycles. The van der Waals surface area contributed by atoms with E-state index in [1.165, 1.54) is 12.1 Å². The Labute approximate surface area is 168 Å². The highest BCUT2D eigenvalue weighted by molar-refractivity contribution is 5.93. The number of hydrogen-bond acceptors (Lipinski definition) is 3. The summed E-state index contributed by atoms with van der Waals surface area (Å²) < 4.78 is 72.4. The maximum Gasteiger partial charge on any atom is 0.431 e. The number of hydrogen-bond donors (Lipinski definition) is 2. The van der Waals surface area contributed by atoms with Gasteiger partial charge in [0, 0.05) is 41.3 Å². The summed E-state index contributed by atoms with van der Waals surface area (Å²) in [6.45, 7) is 0.738. The van der Waals surface area contributed by atoms with Crippen molar-refractivity contribution in [1.29, 1.82) is 0 Å². The number of aromatic amines is 1. The number of fused-ring (bicyclic) bond motifs is 2. The predicted molar refractivity (Wildman–Crippen MR) is 102 cm³/mol. The summed E-state index contributed by atoms with van der Waals surface area (Å²) in [4.78, 5) is 4.33. The topological polar surface area (TPSA) is 40.3 Å². The van der Waals surface area contributed by atoms with E-state index in [4.69, 9.17) is 4.74 Å². The molecule has 4 nitrogen and oxygen atoms in total. The third kappa shape index (κ3) is 3.27. The number of nitrogens with zero attached hydrogens (tertiary/aromatic N) is 1. The Morgan fingerprint density at radius 2 is 1.90 bits per heavy atom. The van der Waals surface area contributed by atoms with Crippen LogP contribution in [0.3, 0.4) is 0 Å². The molecule has 0 aliphatic carbocycles. The zero-order chi connectivity index (χ0) is 21.0. The van der Waals surface area contributed by atoms with Gasteiger partial charge in [-0.15, -0.1) is 0 Å². The number of H-pyrrole nitrogens is 1. The molecule has 2 atom stereocenters. The maximum atomic E-state index is 13.7. The third-order valence-corrected chi connectivity index (χ3v) is 5.72. The molecule has 0 spiro atoms. The van der Waals surface area contributed by atoms with Gasteiger partial charge in [-0.25, -0.2) is 8.78 Å². The molecule has 3 aromatic rings. The van der Waals surface area contributed by atoms with Gasteiger partial charge in [0.1, 0.15) is 30.0 Å². The molecule has 0 bridgehead atoms. The Bertz CT molecular complexity index is 1090. The Hall–Kier alpha value is -2.81. The van der Waals surface area contributed by atoms with Gasteiger partial charge in [-0.3, -0.25) is 4.90 Å². The molecular formula is C21H18F5N3O. The first-order chi connectivity index (χ1) is 14.3. The zero-order valence-electron chi connectivity index (χ0n) is 15.6. The number of alkyl halides is 4. The first kappa shape index (κ1) is 19.2. The molecule has 0 radical (unpaired) electrons. The first-order valence-electron chi connectivity index (χ1n) is 9.55. The van der Waals surface area contributed by atoms with Crippen LogP contribution in [0.2, 0.25) is 0 Å². The van der Waals surface area contributed by atoms with Gasteiger partial charge in [0.15, 0.2) is 0 Å². The molecule has 30 heavy (non-hydrogen) atoms. The predicted octanol–water partition coefficient (Wildman–Crippen LogP) is 4.89. The van der Waals surface area contributed by atoms with Gasteiger partial charge >= 0.3 is 6.18 Å². The van der Waals surface area contributed by atoms with Crippen LogP contribution in [0.15, 0.2) is 42.5 Å². The molecule has 0 saturated carbocycles. The largest absolute Gasteiger partial charge is 0.491 e. The fraction of sp³-hybridized carbons (Fsp3) is 0.333. The van der Waals surface area contributed by atoms with Gasteiger partial charge in [0.2, 0.25) is 0 Å². The van der Waals surface area contributed by atoms with E-state index >= 15 is 0 Å². The van der Waals surface area contributed by atoms with Crippen LogP contribution < -0.4 is 10.1 Å². The standard InChI is InChI=1S/C21H18F5N3O/c22-11-4-5-13-18(6-11)30-10-17(29-8-12(23)9-29)20(13)28-16-3-1-2-15-14(16)7-19(27-15)21(24,25)26/h1-7,12,17,20,27-28H,8-10H2/t17-,20-/m0/s1. The van der Waals surface area contributed by atoms with Crippen LogP contribution in [0, 0.1) is 5.82 Å². The van der Waals surface area contributed by atoms with Crippen molar-refractivity contribution in [3.05, 3.63) is 59.5 Å². The highest BCUT2D eigenvalue weighted by Gasteiger charge is 2.41. The summed E-state index contributed by atoms with van der Waals surface area (Å²) in [6.07, 6.45) is -5.40. The second-order valence-electron chi connectivity index (χ2n) is 7.68. The Kier molecular flexibility index (Phi) is 4.39. The van der Waals surface area contributed by atoms with Gasteiger partial charge in [-0.2, -0.15) is 13.2 Å². The Morgan fingerprint density at radius 3 is 2.63 bits per heavy atom. The van der Waals surface area contributed by atoms with Crippen molar-refractivity contribution in [2.45, 2.75) is 24.4 Å². The second kappa shape index (κ2) is 6.87. The summed E-state index contributed by atoms with van der Waals surface area (Å²) in [6, 6.07) is 9.53. The number of rotatable bonds is 3. The second-order valence-corrected chi connectivity index (χ2v) is 7.68. The van der Waals surface area contributed by atoms with Crippen LogP contribution in [-0.2, 0) is 6.18 Å². The number of ether oxygens (including phenoxy) is 1. The summed E-state index contributed by atoms with van der Waals surface area (Å²) in [7, 11) is 0. The fourth-order valence-corrected chi connectivity index (χ4v) is 4.19. The SMILES string of the molecule is Fc1ccc2c(c1)OC[C@H](N1CC(F)C1)[C@H]2Nc1cccc2[nH]c(C(F)(F)F)cc12. The van der Waals surface area contributed by atoms with E-state index in [1.54, 1.807) is 24.3 Å². The van der Waals surface area contributed by atoms with E-state index in [-0.39, 0.29) is 25.7 Å². The molecule has 1 aromatic heterocycles. The average molecular weight is 423 g/mol. The normalized spacial score (nSPS) is 22.4. The van der Waals surface area contributed by atoms with Crippen molar-refractivity contribution in [2.24, 2.45) is 0 Å². The Morgan fingerprint density at radius 1 is 1.10 bits per heavy atom. The fourth-order valence-electron chi connectivity index (χ4n) is 4.19. The molecule has 1 fully saturated rings. The van der Waals surface area contributed by atoms with Gasteiger partial charge in [0.25, 0.3) is 0 Å². The molecule has 0 unspecified atom stereocenters. The number of benzene rings is 2. The van der Waals surface area contributed by atoms with Crippen molar-refractivity contribution < 1.29 is 26.7 Å².